The second-order valence-electron chi connectivity index (χ2n) is 5.60. The maximum atomic E-state index is 5.53. The second kappa shape index (κ2) is 5.85. The quantitative estimate of drug-likeness (QED) is 0.887. The minimum atomic E-state index is 0.652. The Morgan fingerprint density at radius 3 is 3.00 bits per heavy atom. The van der Waals surface area contributed by atoms with Crippen molar-refractivity contribution < 1.29 is 4.74 Å². The van der Waals surface area contributed by atoms with Crippen LogP contribution in [0.5, 0.6) is 0 Å². The van der Waals surface area contributed by atoms with Crippen molar-refractivity contribution in [2.45, 2.75) is 38.1 Å². The van der Waals surface area contributed by atoms with E-state index in [1.165, 1.54) is 31.2 Å². The van der Waals surface area contributed by atoms with E-state index >= 15 is 0 Å². The highest BCUT2D eigenvalue weighted by atomic mass is 16.5. The third kappa shape index (κ3) is 2.93. The molecule has 1 aromatic rings. The smallest absolute Gasteiger partial charge is 0.0524 e. The van der Waals surface area contributed by atoms with Gasteiger partial charge in [-0.2, -0.15) is 5.10 Å². The van der Waals surface area contributed by atoms with Crippen molar-refractivity contribution in [3.8, 4) is 0 Å². The Morgan fingerprint density at radius 2 is 2.22 bits per heavy atom. The minimum Gasteiger partial charge on any atom is -0.381 e. The van der Waals surface area contributed by atoms with Crippen LogP contribution in [0.3, 0.4) is 0 Å². The van der Waals surface area contributed by atoms with E-state index in [1.807, 2.05) is 0 Å². The Labute approximate surface area is 109 Å². The lowest BCUT2D eigenvalue weighted by Crippen LogP contribution is -2.26. The summed E-state index contributed by atoms with van der Waals surface area (Å²) in [6, 6.07) is 0. The highest BCUT2D eigenvalue weighted by Crippen LogP contribution is 2.25. The first kappa shape index (κ1) is 12.2. The fraction of sp³-hybridized carbons (Fsp3) is 0.786. The van der Waals surface area contributed by atoms with E-state index in [0.717, 1.165) is 32.8 Å². The molecule has 3 heterocycles. The third-order valence-corrected chi connectivity index (χ3v) is 4.16. The van der Waals surface area contributed by atoms with Crippen LogP contribution in [0, 0.1) is 5.92 Å². The van der Waals surface area contributed by atoms with Gasteiger partial charge < -0.3 is 10.1 Å². The van der Waals surface area contributed by atoms with E-state index in [0.29, 0.717) is 11.8 Å². The monoisotopic (exact) mass is 249 g/mol. The summed E-state index contributed by atoms with van der Waals surface area (Å²) in [5.41, 5.74) is 1.42. The summed E-state index contributed by atoms with van der Waals surface area (Å²) < 4.78 is 7.65. The Bertz CT molecular complexity index is 365. The maximum Gasteiger partial charge on any atom is 0.0524 e. The van der Waals surface area contributed by atoms with Gasteiger partial charge in [-0.05, 0) is 50.3 Å². The number of piperidine rings is 1. The van der Waals surface area contributed by atoms with Gasteiger partial charge in [-0.1, -0.05) is 0 Å². The lowest BCUT2D eigenvalue weighted by Gasteiger charge is -2.22. The van der Waals surface area contributed by atoms with Crippen LogP contribution in [-0.4, -0.2) is 36.1 Å². The molecule has 0 amide bonds. The van der Waals surface area contributed by atoms with Gasteiger partial charge in [0, 0.05) is 25.3 Å². The zero-order chi connectivity index (χ0) is 12.2. The standard InChI is InChI=1S/C14H23N3O/c1-2-12(11-18-7-1)9-17-10-14(8-16-17)13-3-5-15-6-4-13/h8,10,12-13,15H,1-7,9,11H2/t12-/m1/s1. The fourth-order valence-electron chi connectivity index (χ4n) is 3.06. The highest BCUT2D eigenvalue weighted by Gasteiger charge is 2.18. The second-order valence-corrected chi connectivity index (χ2v) is 5.60. The first-order valence-electron chi connectivity index (χ1n) is 7.22. The number of aromatic nitrogens is 2. The Balaban J connectivity index is 1.58. The molecule has 2 saturated heterocycles. The summed E-state index contributed by atoms with van der Waals surface area (Å²) in [7, 11) is 0. The van der Waals surface area contributed by atoms with E-state index in [2.05, 4.69) is 27.5 Å². The zero-order valence-corrected chi connectivity index (χ0v) is 11.0. The molecule has 1 atom stereocenters. The van der Waals surface area contributed by atoms with Crippen LogP contribution in [0.4, 0.5) is 0 Å². The van der Waals surface area contributed by atoms with Crippen molar-refractivity contribution in [3.05, 3.63) is 18.0 Å². The molecule has 0 spiro atoms. The number of hydrogen-bond acceptors (Lipinski definition) is 3. The number of nitrogens with one attached hydrogen (secondary N) is 1. The molecule has 0 unspecified atom stereocenters. The average Bonchev–Trinajstić information content (AvgIpc) is 2.89. The molecule has 4 heteroatoms. The van der Waals surface area contributed by atoms with Gasteiger partial charge in [0.15, 0.2) is 0 Å². The molecule has 2 aliphatic rings. The molecule has 2 aliphatic heterocycles. The molecule has 0 saturated carbocycles. The summed E-state index contributed by atoms with van der Waals surface area (Å²) in [5.74, 6) is 1.36. The Kier molecular flexibility index (Phi) is 3.96. The summed E-state index contributed by atoms with van der Waals surface area (Å²) in [6.07, 6.45) is 9.30. The van der Waals surface area contributed by atoms with Crippen LogP contribution in [0.2, 0.25) is 0 Å². The normalized spacial score (nSPS) is 26.3. The maximum absolute atomic E-state index is 5.53. The predicted octanol–water partition coefficient (Wildman–Crippen LogP) is 1.78. The number of hydrogen-bond donors (Lipinski definition) is 1. The van der Waals surface area contributed by atoms with Crippen molar-refractivity contribution >= 4 is 0 Å². The first-order valence-corrected chi connectivity index (χ1v) is 7.22. The third-order valence-electron chi connectivity index (χ3n) is 4.16. The fourth-order valence-corrected chi connectivity index (χ4v) is 3.06. The van der Waals surface area contributed by atoms with Crippen molar-refractivity contribution in [2.75, 3.05) is 26.3 Å². The summed E-state index contributed by atoms with van der Waals surface area (Å²) in [5, 5.41) is 7.94. The van der Waals surface area contributed by atoms with Gasteiger partial charge >= 0.3 is 0 Å². The van der Waals surface area contributed by atoms with Crippen molar-refractivity contribution in [1.29, 1.82) is 0 Å². The molecular formula is C14H23N3O. The lowest BCUT2D eigenvalue weighted by molar-refractivity contribution is 0.0470. The molecule has 100 valence electrons. The van der Waals surface area contributed by atoms with Crippen LogP contribution < -0.4 is 5.32 Å². The van der Waals surface area contributed by atoms with Crippen molar-refractivity contribution in [2.24, 2.45) is 5.92 Å². The number of ether oxygens (including phenoxy) is 1. The topological polar surface area (TPSA) is 39.1 Å². The molecule has 18 heavy (non-hydrogen) atoms. The highest BCUT2D eigenvalue weighted by molar-refractivity contribution is 5.12. The number of rotatable bonds is 3. The minimum absolute atomic E-state index is 0.652. The van der Waals surface area contributed by atoms with Crippen LogP contribution in [0.15, 0.2) is 12.4 Å². The van der Waals surface area contributed by atoms with E-state index in [4.69, 9.17) is 4.74 Å². The van der Waals surface area contributed by atoms with Crippen molar-refractivity contribution in [3.63, 3.8) is 0 Å². The van der Waals surface area contributed by atoms with Gasteiger partial charge in [-0.3, -0.25) is 4.68 Å². The first-order chi connectivity index (χ1) is 8.92. The molecule has 0 radical (unpaired) electrons. The van der Waals surface area contributed by atoms with Gasteiger partial charge in [-0.15, -0.1) is 0 Å². The zero-order valence-electron chi connectivity index (χ0n) is 11.0. The van der Waals surface area contributed by atoms with Gasteiger partial charge in [0.1, 0.15) is 0 Å². The van der Waals surface area contributed by atoms with Crippen LogP contribution in [0.1, 0.15) is 37.2 Å². The van der Waals surface area contributed by atoms with Gasteiger partial charge in [-0.25, -0.2) is 0 Å². The van der Waals surface area contributed by atoms with Gasteiger partial charge in [0.2, 0.25) is 0 Å². The van der Waals surface area contributed by atoms with Crippen LogP contribution in [-0.2, 0) is 11.3 Å². The molecule has 1 N–H and O–H groups in total. The van der Waals surface area contributed by atoms with Crippen molar-refractivity contribution in [1.82, 2.24) is 15.1 Å². The molecule has 3 rings (SSSR count). The molecule has 0 aromatic carbocycles. The van der Waals surface area contributed by atoms with E-state index < -0.39 is 0 Å². The van der Waals surface area contributed by atoms with Crippen LogP contribution >= 0.6 is 0 Å². The molecule has 0 aliphatic carbocycles. The number of nitrogens with zero attached hydrogens (tertiary/aromatic N) is 2. The summed E-state index contributed by atoms with van der Waals surface area (Å²) in [6.45, 7) is 5.15. The Morgan fingerprint density at radius 1 is 1.33 bits per heavy atom. The summed E-state index contributed by atoms with van der Waals surface area (Å²) >= 11 is 0. The molecular weight excluding hydrogens is 226 g/mol. The van der Waals surface area contributed by atoms with Crippen LogP contribution in [0.25, 0.3) is 0 Å². The Hall–Kier alpha value is -0.870. The molecule has 2 fully saturated rings. The molecule has 4 nitrogen and oxygen atoms in total. The largest absolute Gasteiger partial charge is 0.381 e. The molecule has 0 bridgehead atoms. The average molecular weight is 249 g/mol. The van der Waals surface area contributed by atoms with E-state index in [-0.39, 0.29) is 0 Å². The summed E-state index contributed by atoms with van der Waals surface area (Å²) in [4.78, 5) is 0. The van der Waals surface area contributed by atoms with E-state index in [9.17, 15) is 0 Å². The molecule has 1 aromatic heterocycles. The van der Waals surface area contributed by atoms with Gasteiger partial charge in [0.05, 0.1) is 12.8 Å². The SMILES string of the molecule is c1nn(C[C@H]2CCCOC2)cc1C1CCNCC1. The predicted molar refractivity (Wildman–Crippen MR) is 70.6 cm³/mol. The lowest BCUT2D eigenvalue weighted by atomic mass is 9.93. The van der Waals surface area contributed by atoms with E-state index in [1.54, 1.807) is 0 Å². The van der Waals surface area contributed by atoms with Gasteiger partial charge in [0.25, 0.3) is 0 Å².